The van der Waals surface area contributed by atoms with Crippen LogP contribution in [0, 0.1) is 11.8 Å². The molecule has 1 heterocycles. The van der Waals surface area contributed by atoms with Gasteiger partial charge in [-0.15, -0.1) is 0 Å². The number of nitrogens with one attached hydrogen (secondary N) is 3. The number of hydrogen-bond donors (Lipinski definition) is 4. The molecular formula is C24H35N3O7S2. The number of carbonyl (C=O) groups is 2. The van der Waals surface area contributed by atoms with E-state index in [4.69, 9.17) is 9.47 Å². The largest absolute Gasteiger partial charge is 0.481 e. The highest BCUT2D eigenvalue weighted by Crippen LogP contribution is 2.44. The quantitative estimate of drug-likeness (QED) is 0.169. The average molecular weight is 542 g/mol. The zero-order chi connectivity index (χ0) is 27.0. The third kappa shape index (κ3) is 7.06. The predicted octanol–water partition coefficient (Wildman–Crippen LogP) is 2.46. The van der Waals surface area contributed by atoms with Crippen molar-refractivity contribution in [1.82, 2.24) is 16.1 Å². The Morgan fingerprint density at radius 2 is 1.86 bits per heavy atom. The molecule has 1 fully saturated rings. The van der Waals surface area contributed by atoms with Crippen molar-refractivity contribution < 1.29 is 32.7 Å². The van der Waals surface area contributed by atoms with Crippen molar-refractivity contribution in [2.45, 2.75) is 67.6 Å². The zero-order valence-electron chi connectivity index (χ0n) is 21.3. The summed E-state index contributed by atoms with van der Waals surface area (Å²) in [5.41, 5.74) is 0.984. The fourth-order valence-corrected chi connectivity index (χ4v) is 7.32. The van der Waals surface area contributed by atoms with Crippen LogP contribution in [0.2, 0.25) is 0 Å². The van der Waals surface area contributed by atoms with Gasteiger partial charge in [0.15, 0.2) is 0 Å². The summed E-state index contributed by atoms with van der Waals surface area (Å²) in [7, 11) is -4.24. The maximum Gasteiger partial charge on any atom is 0.407 e. The van der Waals surface area contributed by atoms with E-state index in [9.17, 15) is 23.2 Å². The number of rotatable bonds is 8. The van der Waals surface area contributed by atoms with E-state index in [1.807, 2.05) is 0 Å². The second-order valence-corrected chi connectivity index (χ2v) is 13.4. The Morgan fingerprint density at radius 1 is 1.19 bits per heavy atom. The predicted molar refractivity (Wildman–Crippen MR) is 138 cm³/mol. The molecule has 0 spiro atoms. The molecule has 1 aromatic carbocycles. The van der Waals surface area contributed by atoms with Gasteiger partial charge in [0.05, 0.1) is 9.64 Å². The van der Waals surface area contributed by atoms with Crippen LogP contribution in [-0.4, -0.2) is 66.3 Å². The van der Waals surface area contributed by atoms with E-state index in [0.717, 1.165) is 0 Å². The highest BCUT2D eigenvalue weighted by atomic mass is 32.2. The lowest BCUT2D eigenvalue weighted by Gasteiger charge is -2.47. The first-order valence-corrected chi connectivity index (χ1v) is 14.0. The van der Waals surface area contributed by atoms with Crippen molar-refractivity contribution in [3.05, 3.63) is 24.3 Å². The summed E-state index contributed by atoms with van der Waals surface area (Å²) < 4.78 is 36.8. The van der Waals surface area contributed by atoms with E-state index >= 15 is 0 Å². The van der Waals surface area contributed by atoms with Crippen molar-refractivity contribution >= 4 is 33.6 Å². The molecule has 0 aromatic heterocycles. The van der Waals surface area contributed by atoms with Gasteiger partial charge in [0.25, 0.3) is 5.91 Å². The number of sulfone groups is 1. The molecule has 2 amide bonds. The SMILES string of the molecule is CC(C)(C)OC(=O)NCCCC#CCOc1ccc(S(=O)(=O)[C@]2(C(=O)NO)NCCSC2(C)C)cc1. The maximum atomic E-state index is 13.6. The van der Waals surface area contributed by atoms with Crippen LogP contribution < -0.4 is 20.9 Å². The van der Waals surface area contributed by atoms with E-state index in [2.05, 4.69) is 22.5 Å². The molecular weight excluding hydrogens is 506 g/mol. The van der Waals surface area contributed by atoms with Gasteiger partial charge in [-0.3, -0.25) is 15.3 Å². The number of unbranched alkanes of at least 4 members (excludes halogenated alkanes) is 1. The highest BCUT2D eigenvalue weighted by Gasteiger charge is 2.62. The molecule has 12 heteroatoms. The van der Waals surface area contributed by atoms with Gasteiger partial charge in [-0.05, 0) is 65.3 Å². The lowest BCUT2D eigenvalue weighted by atomic mass is 10.0. The molecule has 200 valence electrons. The molecule has 2 rings (SSSR count). The molecule has 1 atom stereocenters. The Morgan fingerprint density at radius 3 is 2.44 bits per heavy atom. The third-order valence-corrected chi connectivity index (χ3v) is 9.43. The molecule has 10 nitrogen and oxygen atoms in total. The number of thioether (sulfide) groups is 1. The van der Waals surface area contributed by atoms with Gasteiger partial charge in [-0.25, -0.2) is 18.7 Å². The van der Waals surface area contributed by atoms with E-state index in [0.29, 0.717) is 30.9 Å². The molecule has 0 aliphatic carbocycles. The van der Waals surface area contributed by atoms with Gasteiger partial charge < -0.3 is 14.8 Å². The fraction of sp³-hybridized carbons (Fsp3) is 0.583. The number of benzene rings is 1. The number of alkyl carbamates (subject to hydrolysis) is 1. The van der Waals surface area contributed by atoms with Gasteiger partial charge in [0.1, 0.15) is 18.0 Å². The molecule has 0 saturated carbocycles. The second-order valence-electron chi connectivity index (χ2n) is 9.56. The smallest absolute Gasteiger partial charge is 0.407 e. The van der Waals surface area contributed by atoms with Gasteiger partial charge in [0.2, 0.25) is 14.7 Å². The standard InChI is InChI=1S/C24H35N3O7S2/c1-22(2,3)34-21(29)25-14-8-6-7-9-16-33-18-10-12-19(13-11-18)36(31,32)24(20(28)27-30)23(4,5)35-17-15-26-24/h10-13,26,30H,6,8,14-17H2,1-5H3,(H,25,29)(H,27,28)/t24-/m0/s1. The minimum atomic E-state index is -4.24. The summed E-state index contributed by atoms with van der Waals surface area (Å²) in [6.07, 6.45) is 0.755. The first-order chi connectivity index (χ1) is 16.8. The maximum absolute atomic E-state index is 13.6. The normalized spacial score (nSPS) is 19.4. The summed E-state index contributed by atoms with van der Waals surface area (Å²) in [5, 5.41) is 14.8. The number of carbonyl (C=O) groups excluding carboxylic acids is 2. The summed E-state index contributed by atoms with van der Waals surface area (Å²) in [6, 6.07) is 5.72. The minimum absolute atomic E-state index is 0.0786. The van der Waals surface area contributed by atoms with Crippen LogP contribution in [0.3, 0.4) is 0 Å². The molecule has 1 aliphatic heterocycles. The first-order valence-electron chi connectivity index (χ1n) is 11.5. The number of amides is 2. The lowest BCUT2D eigenvalue weighted by Crippen LogP contribution is -2.73. The highest BCUT2D eigenvalue weighted by molar-refractivity contribution is 8.02. The van der Waals surface area contributed by atoms with Crippen LogP contribution in [0.5, 0.6) is 5.75 Å². The Hall–Kier alpha value is -2.46. The number of ether oxygens (including phenoxy) is 2. The van der Waals surface area contributed by atoms with Crippen molar-refractivity contribution in [1.29, 1.82) is 0 Å². The van der Waals surface area contributed by atoms with Crippen LogP contribution >= 0.6 is 11.8 Å². The molecule has 1 aromatic rings. The summed E-state index contributed by atoms with van der Waals surface area (Å²) >= 11 is 1.34. The van der Waals surface area contributed by atoms with Crippen LogP contribution in [0.25, 0.3) is 0 Å². The molecule has 0 bridgehead atoms. The van der Waals surface area contributed by atoms with Crippen molar-refractivity contribution in [2.75, 3.05) is 25.4 Å². The topological polar surface area (TPSA) is 143 Å². The summed E-state index contributed by atoms with van der Waals surface area (Å²) in [6.45, 7) is 9.53. The van der Waals surface area contributed by atoms with Gasteiger partial charge >= 0.3 is 6.09 Å². The van der Waals surface area contributed by atoms with Crippen LogP contribution in [0.15, 0.2) is 29.2 Å². The van der Waals surface area contributed by atoms with Gasteiger partial charge in [0, 0.05) is 25.3 Å². The van der Waals surface area contributed by atoms with Gasteiger partial charge in [-0.2, -0.15) is 11.8 Å². The van der Waals surface area contributed by atoms with Crippen LogP contribution in [0.1, 0.15) is 47.5 Å². The molecule has 1 aliphatic rings. The Labute approximate surface area is 217 Å². The second kappa shape index (κ2) is 12.2. The molecule has 0 unspecified atom stereocenters. The molecule has 4 N–H and O–H groups in total. The molecule has 0 radical (unpaired) electrons. The van der Waals surface area contributed by atoms with Crippen molar-refractivity contribution in [3.8, 4) is 17.6 Å². The third-order valence-electron chi connectivity index (χ3n) is 5.33. The Kier molecular flexibility index (Phi) is 10.1. The Bertz CT molecular complexity index is 1090. The number of hydrogen-bond acceptors (Lipinski definition) is 9. The summed E-state index contributed by atoms with van der Waals surface area (Å²) in [5.74, 6) is 5.82. The van der Waals surface area contributed by atoms with E-state index in [1.54, 1.807) is 34.6 Å². The number of hydroxylamine groups is 1. The fourth-order valence-electron chi connectivity index (χ4n) is 3.65. The lowest BCUT2D eigenvalue weighted by molar-refractivity contribution is -0.133. The molecule has 1 saturated heterocycles. The Balaban J connectivity index is 1.94. The minimum Gasteiger partial charge on any atom is -0.481 e. The van der Waals surface area contributed by atoms with E-state index < -0.39 is 37.1 Å². The monoisotopic (exact) mass is 541 g/mol. The summed E-state index contributed by atoms with van der Waals surface area (Å²) in [4.78, 5) is 22.1. The molecule has 36 heavy (non-hydrogen) atoms. The van der Waals surface area contributed by atoms with Crippen molar-refractivity contribution in [3.63, 3.8) is 0 Å². The first kappa shape index (κ1) is 29.8. The van der Waals surface area contributed by atoms with E-state index in [1.165, 1.54) is 41.5 Å². The average Bonchev–Trinajstić information content (AvgIpc) is 2.79. The van der Waals surface area contributed by atoms with Gasteiger partial charge in [-0.1, -0.05) is 11.8 Å². The zero-order valence-corrected chi connectivity index (χ0v) is 22.9. The van der Waals surface area contributed by atoms with Crippen LogP contribution in [-0.2, 0) is 19.4 Å². The van der Waals surface area contributed by atoms with Crippen molar-refractivity contribution in [2.24, 2.45) is 0 Å². The van der Waals surface area contributed by atoms with E-state index in [-0.39, 0.29) is 18.0 Å². The van der Waals surface area contributed by atoms with Crippen LogP contribution in [0.4, 0.5) is 4.79 Å².